The van der Waals surface area contributed by atoms with Gasteiger partial charge in [0.2, 0.25) is 0 Å². The highest BCUT2D eigenvalue weighted by molar-refractivity contribution is 6.74. The van der Waals surface area contributed by atoms with Crippen LogP contribution in [-0.2, 0) is 11.0 Å². The zero-order valence-electron chi connectivity index (χ0n) is 15.1. The summed E-state index contributed by atoms with van der Waals surface area (Å²) in [4.78, 5) is 7.26. The lowest BCUT2D eigenvalue weighted by molar-refractivity contribution is 0.272. The SMILES string of the molecule is CC1CCCN(c2cccc(CO[Si](C)(C)C(C)(C)C)n2)C1. The van der Waals surface area contributed by atoms with Gasteiger partial charge in [0.05, 0.1) is 12.3 Å². The van der Waals surface area contributed by atoms with Crippen molar-refractivity contribution in [2.24, 2.45) is 5.92 Å². The molecule has 124 valence electrons. The Morgan fingerprint density at radius 1 is 1.32 bits per heavy atom. The van der Waals surface area contributed by atoms with E-state index < -0.39 is 8.32 Å². The first-order valence-corrected chi connectivity index (χ1v) is 11.4. The molecule has 1 unspecified atom stereocenters. The van der Waals surface area contributed by atoms with Crippen LogP contribution in [0.15, 0.2) is 18.2 Å². The number of rotatable bonds is 4. The van der Waals surface area contributed by atoms with Gasteiger partial charge in [-0.3, -0.25) is 0 Å². The van der Waals surface area contributed by atoms with Crippen LogP contribution >= 0.6 is 0 Å². The minimum absolute atomic E-state index is 0.243. The van der Waals surface area contributed by atoms with Crippen LogP contribution in [-0.4, -0.2) is 26.4 Å². The largest absolute Gasteiger partial charge is 0.411 e. The first-order valence-electron chi connectivity index (χ1n) is 8.54. The molecule has 22 heavy (non-hydrogen) atoms. The van der Waals surface area contributed by atoms with Crippen LogP contribution in [0.1, 0.15) is 46.2 Å². The molecule has 0 amide bonds. The topological polar surface area (TPSA) is 25.4 Å². The summed E-state index contributed by atoms with van der Waals surface area (Å²) in [6.07, 6.45) is 2.61. The Morgan fingerprint density at radius 3 is 2.68 bits per heavy atom. The summed E-state index contributed by atoms with van der Waals surface area (Å²) in [6.45, 7) is 16.6. The monoisotopic (exact) mass is 320 g/mol. The van der Waals surface area contributed by atoms with Gasteiger partial charge >= 0.3 is 0 Å². The maximum atomic E-state index is 6.30. The quantitative estimate of drug-likeness (QED) is 0.742. The Bertz CT molecular complexity index is 496. The number of hydrogen-bond acceptors (Lipinski definition) is 3. The van der Waals surface area contributed by atoms with Gasteiger partial charge in [-0.05, 0) is 49.0 Å². The second kappa shape index (κ2) is 6.71. The second-order valence-electron chi connectivity index (χ2n) is 8.23. The Balaban J connectivity index is 2.03. The lowest BCUT2D eigenvalue weighted by atomic mass is 10.0. The van der Waals surface area contributed by atoms with Gasteiger partial charge in [-0.1, -0.05) is 33.8 Å². The average Bonchev–Trinajstić information content (AvgIpc) is 2.44. The van der Waals surface area contributed by atoms with Gasteiger partial charge in [0.1, 0.15) is 5.82 Å². The van der Waals surface area contributed by atoms with Crippen LogP contribution in [0.4, 0.5) is 5.82 Å². The molecule has 0 spiro atoms. The molecule has 4 heteroatoms. The van der Waals surface area contributed by atoms with E-state index in [2.05, 4.69) is 63.9 Å². The maximum Gasteiger partial charge on any atom is 0.192 e. The summed E-state index contributed by atoms with van der Waals surface area (Å²) in [6, 6.07) is 6.34. The highest BCUT2D eigenvalue weighted by Gasteiger charge is 2.37. The summed E-state index contributed by atoms with van der Waals surface area (Å²) in [5, 5.41) is 0.243. The number of hydrogen-bond donors (Lipinski definition) is 0. The number of aromatic nitrogens is 1. The molecule has 1 aliphatic rings. The molecule has 0 aliphatic carbocycles. The molecular formula is C18H32N2OSi. The van der Waals surface area contributed by atoms with Crippen molar-refractivity contribution in [1.29, 1.82) is 0 Å². The molecule has 0 saturated carbocycles. The number of anilines is 1. The van der Waals surface area contributed by atoms with E-state index in [0.29, 0.717) is 6.61 Å². The van der Waals surface area contributed by atoms with Crippen LogP contribution in [0.25, 0.3) is 0 Å². The molecule has 1 saturated heterocycles. The van der Waals surface area contributed by atoms with Crippen LogP contribution in [0.2, 0.25) is 18.1 Å². The normalized spacial score (nSPS) is 20.3. The zero-order chi connectivity index (χ0) is 16.4. The molecule has 0 radical (unpaired) electrons. The predicted molar refractivity (Wildman–Crippen MR) is 96.8 cm³/mol. The molecule has 1 fully saturated rings. The number of pyridine rings is 1. The van der Waals surface area contributed by atoms with Gasteiger partial charge in [-0.25, -0.2) is 4.98 Å². The molecule has 2 heterocycles. The van der Waals surface area contributed by atoms with Crippen molar-refractivity contribution < 1.29 is 4.43 Å². The summed E-state index contributed by atoms with van der Waals surface area (Å²) in [7, 11) is -1.71. The van der Waals surface area contributed by atoms with Crippen molar-refractivity contribution in [3.8, 4) is 0 Å². The third-order valence-corrected chi connectivity index (χ3v) is 9.64. The number of nitrogens with zero attached hydrogens (tertiary/aromatic N) is 2. The standard InChI is InChI=1S/C18H32N2OSi/c1-15-9-8-12-20(13-15)17-11-7-10-16(19-17)14-21-22(5,6)18(2,3)4/h7,10-11,15H,8-9,12-14H2,1-6H3. The molecule has 0 bridgehead atoms. The van der Waals surface area contributed by atoms with Crippen molar-refractivity contribution in [3.05, 3.63) is 23.9 Å². The van der Waals surface area contributed by atoms with E-state index in [4.69, 9.17) is 9.41 Å². The molecule has 1 atom stereocenters. The fraction of sp³-hybridized carbons (Fsp3) is 0.722. The van der Waals surface area contributed by atoms with Crippen molar-refractivity contribution >= 4 is 14.1 Å². The zero-order valence-corrected chi connectivity index (χ0v) is 16.1. The third kappa shape index (κ3) is 4.32. The van der Waals surface area contributed by atoms with E-state index in [1.165, 1.54) is 12.8 Å². The molecule has 1 aliphatic heterocycles. The van der Waals surface area contributed by atoms with E-state index in [-0.39, 0.29) is 5.04 Å². The predicted octanol–water partition coefficient (Wildman–Crippen LogP) is 4.84. The van der Waals surface area contributed by atoms with Gasteiger partial charge in [0.15, 0.2) is 8.32 Å². The molecule has 2 rings (SSSR count). The van der Waals surface area contributed by atoms with Crippen molar-refractivity contribution in [1.82, 2.24) is 4.98 Å². The molecule has 0 N–H and O–H groups in total. The van der Waals surface area contributed by atoms with Gasteiger partial charge in [0, 0.05) is 13.1 Å². The summed E-state index contributed by atoms with van der Waals surface area (Å²) < 4.78 is 6.30. The molecular weight excluding hydrogens is 288 g/mol. The van der Waals surface area contributed by atoms with Gasteiger partial charge in [-0.2, -0.15) is 0 Å². The molecule has 1 aromatic rings. The van der Waals surface area contributed by atoms with Gasteiger partial charge < -0.3 is 9.33 Å². The lowest BCUT2D eigenvalue weighted by Crippen LogP contribution is -2.40. The summed E-state index contributed by atoms with van der Waals surface area (Å²) >= 11 is 0. The van der Waals surface area contributed by atoms with E-state index in [0.717, 1.165) is 30.5 Å². The van der Waals surface area contributed by atoms with E-state index >= 15 is 0 Å². The molecule has 0 aromatic carbocycles. The van der Waals surface area contributed by atoms with Gasteiger partial charge in [0.25, 0.3) is 0 Å². The minimum Gasteiger partial charge on any atom is -0.411 e. The molecule has 1 aromatic heterocycles. The number of piperidine rings is 1. The summed E-state index contributed by atoms with van der Waals surface area (Å²) in [5.74, 6) is 1.88. The van der Waals surface area contributed by atoms with Crippen LogP contribution in [0.3, 0.4) is 0 Å². The van der Waals surface area contributed by atoms with E-state index in [1.807, 2.05) is 0 Å². The van der Waals surface area contributed by atoms with Gasteiger partial charge in [-0.15, -0.1) is 0 Å². The minimum atomic E-state index is -1.71. The van der Waals surface area contributed by atoms with Crippen molar-refractivity contribution in [3.63, 3.8) is 0 Å². The average molecular weight is 321 g/mol. The van der Waals surface area contributed by atoms with E-state index in [9.17, 15) is 0 Å². The Hall–Kier alpha value is -0.873. The fourth-order valence-electron chi connectivity index (χ4n) is 2.59. The first kappa shape index (κ1) is 17.5. The van der Waals surface area contributed by atoms with Crippen LogP contribution in [0, 0.1) is 5.92 Å². The third-order valence-electron chi connectivity index (χ3n) is 5.16. The van der Waals surface area contributed by atoms with Crippen LogP contribution < -0.4 is 4.90 Å². The van der Waals surface area contributed by atoms with Crippen molar-refractivity contribution in [2.75, 3.05) is 18.0 Å². The van der Waals surface area contributed by atoms with Crippen molar-refractivity contribution in [2.45, 2.75) is 65.3 Å². The lowest BCUT2D eigenvalue weighted by Gasteiger charge is -2.36. The Labute approximate surface area is 137 Å². The fourth-order valence-corrected chi connectivity index (χ4v) is 3.53. The molecule has 3 nitrogen and oxygen atoms in total. The first-order chi connectivity index (χ1) is 10.2. The maximum absolute atomic E-state index is 6.30. The van der Waals surface area contributed by atoms with E-state index in [1.54, 1.807) is 0 Å². The Kier molecular flexibility index (Phi) is 5.33. The Morgan fingerprint density at radius 2 is 2.05 bits per heavy atom. The highest BCUT2D eigenvalue weighted by Crippen LogP contribution is 2.37. The smallest absolute Gasteiger partial charge is 0.192 e. The van der Waals surface area contributed by atoms with Crippen LogP contribution in [0.5, 0.6) is 0 Å². The second-order valence-corrected chi connectivity index (χ2v) is 13.0. The highest BCUT2D eigenvalue weighted by atomic mass is 28.4. The summed E-state index contributed by atoms with van der Waals surface area (Å²) in [5.41, 5.74) is 1.06.